The molecule has 0 fully saturated rings. The van der Waals surface area contributed by atoms with Crippen molar-refractivity contribution in [1.29, 1.82) is 0 Å². The number of aliphatic hydroxyl groups excluding tert-OH is 1. The summed E-state index contributed by atoms with van der Waals surface area (Å²) in [5.74, 6) is -0.711. The summed E-state index contributed by atoms with van der Waals surface area (Å²) in [5.41, 5.74) is 1.49. The number of amides is 1. The summed E-state index contributed by atoms with van der Waals surface area (Å²) >= 11 is 9.38. The van der Waals surface area contributed by atoms with E-state index in [4.69, 9.17) is 11.6 Å². The largest absolute Gasteiger partial charge is 0.395 e. The van der Waals surface area contributed by atoms with Crippen LogP contribution in [0.3, 0.4) is 0 Å². The molecule has 29 heavy (non-hydrogen) atoms. The Bertz CT molecular complexity index is 987. The van der Waals surface area contributed by atoms with Gasteiger partial charge in [-0.15, -0.1) is 0 Å². The molecule has 7 nitrogen and oxygen atoms in total. The fraction of sp³-hybridized carbons (Fsp3) is 0.211. The molecule has 2 N–H and O–H groups in total. The molecule has 1 amide bonds. The zero-order valence-corrected chi connectivity index (χ0v) is 17.6. The van der Waals surface area contributed by atoms with Gasteiger partial charge in [-0.2, -0.15) is 5.10 Å². The van der Waals surface area contributed by atoms with Crippen LogP contribution in [0.2, 0.25) is 5.02 Å². The summed E-state index contributed by atoms with van der Waals surface area (Å²) in [4.78, 5) is 18.2. The van der Waals surface area contributed by atoms with Crippen LogP contribution in [0.25, 0.3) is 5.69 Å². The van der Waals surface area contributed by atoms with E-state index in [1.54, 1.807) is 35.2 Å². The molecule has 0 aliphatic carbocycles. The highest BCUT2D eigenvalue weighted by molar-refractivity contribution is 9.10. The molecule has 0 radical (unpaired) electrons. The Hall–Kier alpha value is -2.33. The van der Waals surface area contributed by atoms with Crippen molar-refractivity contribution in [1.82, 2.24) is 19.7 Å². The smallest absolute Gasteiger partial charge is 0.238 e. The van der Waals surface area contributed by atoms with Crippen LogP contribution >= 0.6 is 27.5 Å². The number of nitrogens with one attached hydrogen (secondary N) is 1. The molecule has 10 heteroatoms. The van der Waals surface area contributed by atoms with Gasteiger partial charge in [0.05, 0.1) is 24.5 Å². The molecule has 0 spiro atoms. The second-order valence-electron chi connectivity index (χ2n) is 6.22. The van der Waals surface area contributed by atoms with E-state index in [0.717, 1.165) is 4.47 Å². The van der Waals surface area contributed by atoms with Gasteiger partial charge in [-0.25, -0.2) is 14.1 Å². The van der Waals surface area contributed by atoms with Crippen LogP contribution in [0.1, 0.15) is 5.56 Å². The van der Waals surface area contributed by atoms with Gasteiger partial charge in [0.2, 0.25) is 5.91 Å². The van der Waals surface area contributed by atoms with Crippen LogP contribution in [0.4, 0.5) is 10.1 Å². The predicted molar refractivity (Wildman–Crippen MR) is 111 cm³/mol. The summed E-state index contributed by atoms with van der Waals surface area (Å²) < 4.78 is 16.3. The van der Waals surface area contributed by atoms with Crippen LogP contribution in [0.5, 0.6) is 0 Å². The molecule has 0 saturated heterocycles. The summed E-state index contributed by atoms with van der Waals surface area (Å²) in [5, 5.41) is 16.7. The highest BCUT2D eigenvalue weighted by atomic mass is 79.9. The fourth-order valence-electron chi connectivity index (χ4n) is 2.79. The van der Waals surface area contributed by atoms with E-state index in [9.17, 15) is 14.3 Å². The maximum absolute atomic E-state index is 14.1. The molecule has 3 aromatic rings. The van der Waals surface area contributed by atoms with Crippen molar-refractivity contribution < 1.29 is 14.3 Å². The predicted octanol–water partition coefficient (Wildman–Crippen LogP) is 3.26. The molecule has 2 aromatic carbocycles. The Labute approximate surface area is 180 Å². The van der Waals surface area contributed by atoms with Crippen molar-refractivity contribution in [2.45, 2.75) is 6.54 Å². The van der Waals surface area contributed by atoms with Crippen LogP contribution in [0.15, 0.2) is 53.5 Å². The maximum Gasteiger partial charge on any atom is 0.238 e. The number of carbonyl (C=O) groups is 1. The van der Waals surface area contributed by atoms with Gasteiger partial charge in [0, 0.05) is 28.1 Å². The zero-order chi connectivity index (χ0) is 20.8. The number of aliphatic hydroxyl groups is 1. The Morgan fingerprint density at radius 2 is 2.14 bits per heavy atom. The summed E-state index contributed by atoms with van der Waals surface area (Å²) in [6.45, 7) is 0.176. The molecule has 0 atom stereocenters. The number of rotatable bonds is 8. The highest BCUT2D eigenvalue weighted by Crippen LogP contribution is 2.24. The van der Waals surface area contributed by atoms with E-state index in [1.807, 2.05) is 0 Å². The number of aromatic nitrogens is 3. The Morgan fingerprint density at radius 1 is 1.31 bits per heavy atom. The van der Waals surface area contributed by atoms with E-state index >= 15 is 0 Å². The second kappa shape index (κ2) is 9.93. The fourth-order valence-corrected chi connectivity index (χ4v) is 3.38. The van der Waals surface area contributed by atoms with Crippen LogP contribution in [-0.2, 0) is 11.3 Å². The molecule has 0 saturated carbocycles. The van der Waals surface area contributed by atoms with E-state index in [0.29, 0.717) is 22.0 Å². The monoisotopic (exact) mass is 481 g/mol. The number of hydrogen-bond donors (Lipinski definition) is 2. The van der Waals surface area contributed by atoms with E-state index in [1.165, 1.54) is 23.4 Å². The van der Waals surface area contributed by atoms with Crippen molar-refractivity contribution in [2.24, 2.45) is 0 Å². The van der Waals surface area contributed by atoms with Gasteiger partial charge in [0.1, 0.15) is 18.5 Å². The lowest BCUT2D eigenvalue weighted by molar-refractivity contribution is -0.117. The average molecular weight is 483 g/mol. The molecular weight excluding hydrogens is 465 g/mol. The quantitative estimate of drug-likeness (QED) is 0.515. The first-order chi connectivity index (χ1) is 14.0. The molecule has 1 aromatic heterocycles. The third-order valence-electron chi connectivity index (χ3n) is 4.08. The van der Waals surface area contributed by atoms with Gasteiger partial charge in [-0.1, -0.05) is 27.5 Å². The first-order valence-electron chi connectivity index (χ1n) is 8.68. The van der Waals surface area contributed by atoms with Crippen molar-refractivity contribution in [3.8, 4) is 5.69 Å². The third-order valence-corrected chi connectivity index (χ3v) is 4.81. The molecule has 0 aliphatic heterocycles. The van der Waals surface area contributed by atoms with Gasteiger partial charge in [0.25, 0.3) is 0 Å². The lowest BCUT2D eigenvalue weighted by atomic mass is 10.2. The molecular formula is C19H18BrClFN5O2. The summed E-state index contributed by atoms with van der Waals surface area (Å²) in [6, 6.07) is 9.62. The lowest BCUT2D eigenvalue weighted by Crippen LogP contribution is -2.35. The number of carbonyl (C=O) groups excluding carboxylic acids is 1. The number of nitrogens with zero attached hydrogens (tertiary/aromatic N) is 4. The first kappa shape index (κ1) is 21.4. The molecule has 0 unspecified atom stereocenters. The molecule has 1 heterocycles. The highest BCUT2D eigenvalue weighted by Gasteiger charge is 2.16. The Morgan fingerprint density at radius 3 is 2.86 bits per heavy atom. The molecule has 152 valence electrons. The molecule has 3 rings (SSSR count). The van der Waals surface area contributed by atoms with Gasteiger partial charge in [-0.05, 0) is 36.4 Å². The lowest BCUT2D eigenvalue weighted by Gasteiger charge is -2.21. The zero-order valence-electron chi connectivity index (χ0n) is 15.2. The standard InChI is InChI=1S/C19H18BrClFN5O2/c20-14-1-3-16(22)13(7-14)9-26(5-6-28)10-19(29)25-17-8-15(21)2-4-18(17)27-12-23-11-24-27/h1-4,7-8,11-12,28H,5-6,9-10H2,(H,25,29). The van der Waals surface area contributed by atoms with Crippen molar-refractivity contribution in [3.05, 3.63) is 69.9 Å². The number of benzene rings is 2. The van der Waals surface area contributed by atoms with Gasteiger partial charge >= 0.3 is 0 Å². The first-order valence-corrected chi connectivity index (χ1v) is 9.85. The number of halogens is 3. The molecule has 0 bridgehead atoms. The van der Waals surface area contributed by atoms with Gasteiger partial charge in [0.15, 0.2) is 0 Å². The SMILES string of the molecule is O=C(CN(CCO)Cc1cc(Br)ccc1F)Nc1cc(Cl)ccc1-n1cncn1. The second-order valence-corrected chi connectivity index (χ2v) is 7.57. The summed E-state index contributed by atoms with van der Waals surface area (Å²) in [6.07, 6.45) is 2.89. The van der Waals surface area contributed by atoms with Crippen LogP contribution in [-0.4, -0.2) is 50.4 Å². The van der Waals surface area contributed by atoms with Crippen LogP contribution in [0, 0.1) is 5.82 Å². The summed E-state index contributed by atoms with van der Waals surface area (Å²) in [7, 11) is 0. The number of hydrogen-bond acceptors (Lipinski definition) is 5. The van der Waals surface area contributed by atoms with E-state index in [-0.39, 0.29) is 38.0 Å². The average Bonchev–Trinajstić information content (AvgIpc) is 3.19. The van der Waals surface area contributed by atoms with Gasteiger partial charge in [-0.3, -0.25) is 9.69 Å². The minimum absolute atomic E-state index is 0.0458. The minimum Gasteiger partial charge on any atom is -0.395 e. The van der Waals surface area contributed by atoms with Gasteiger partial charge < -0.3 is 10.4 Å². The molecule has 0 aliphatic rings. The Kier molecular flexibility index (Phi) is 7.32. The van der Waals surface area contributed by atoms with E-state index in [2.05, 4.69) is 31.3 Å². The topological polar surface area (TPSA) is 83.3 Å². The third kappa shape index (κ3) is 5.83. The van der Waals surface area contributed by atoms with Crippen molar-refractivity contribution >= 4 is 39.1 Å². The van der Waals surface area contributed by atoms with Crippen LogP contribution < -0.4 is 5.32 Å². The van der Waals surface area contributed by atoms with Crippen molar-refractivity contribution in [2.75, 3.05) is 25.0 Å². The maximum atomic E-state index is 14.1. The number of anilines is 1. The normalized spacial score (nSPS) is 11.1. The minimum atomic E-state index is -0.375. The van der Waals surface area contributed by atoms with E-state index < -0.39 is 0 Å². The van der Waals surface area contributed by atoms with Crippen molar-refractivity contribution in [3.63, 3.8) is 0 Å². The Balaban J connectivity index is 1.74.